The Hall–Kier alpha value is -1.96. The van der Waals surface area contributed by atoms with Crippen molar-refractivity contribution in [2.75, 3.05) is 23.7 Å². The van der Waals surface area contributed by atoms with Crippen LogP contribution in [0.3, 0.4) is 0 Å². The summed E-state index contributed by atoms with van der Waals surface area (Å²) >= 11 is 11.7. The topological polar surface area (TPSA) is 75.7 Å². The second-order valence-electron chi connectivity index (χ2n) is 5.81. The molecule has 1 atom stereocenters. The maximum Gasteiger partial charge on any atom is 0.243 e. The van der Waals surface area contributed by atoms with E-state index < -0.39 is 22.0 Å². The van der Waals surface area contributed by atoms with E-state index in [0.29, 0.717) is 21.5 Å². The molecule has 9 heteroatoms. The quantitative estimate of drug-likeness (QED) is 0.651. The largest absolute Gasteiger partial charge is 0.492 e. The lowest BCUT2D eigenvalue weighted by Gasteiger charge is -2.28. The molecule has 0 aliphatic rings. The predicted molar refractivity (Wildman–Crippen MR) is 108 cm³/mol. The van der Waals surface area contributed by atoms with Gasteiger partial charge < -0.3 is 10.1 Å². The summed E-state index contributed by atoms with van der Waals surface area (Å²) in [6.07, 6.45) is 1.04. The summed E-state index contributed by atoms with van der Waals surface area (Å²) in [5, 5.41) is 3.65. The Labute approximate surface area is 169 Å². The average Bonchev–Trinajstić information content (AvgIpc) is 2.59. The first-order valence-electron chi connectivity index (χ1n) is 8.09. The van der Waals surface area contributed by atoms with Gasteiger partial charge in [0, 0.05) is 10.0 Å². The van der Waals surface area contributed by atoms with Crippen LogP contribution in [0.15, 0.2) is 48.5 Å². The minimum atomic E-state index is -3.69. The first-order chi connectivity index (χ1) is 12.7. The summed E-state index contributed by atoms with van der Waals surface area (Å²) in [7, 11) is -3.69. The highest BCUT2D eigenvalue weighted by atomic mass is 35.5. The summed E-state index contributed by atoms with van der Waals surface area (Å²) in [6.45, 7) is 1.96. The first kappa shape index (κ1) is 21.3. The molecule has 0 aliphatic heterocycles. The summed E-state index contributed by atoms with van der Waals surface area (Å²) < 4.78 is 30.9. The Bertz CT molecular complexity index is 888. The number of hydrogen-bond acceptors (Lipinski definition) is 4. The molecule has 6 nitrogen and oxygen atoms in total. The molecule has 0 aromatic heterocycles. The number of rotatable bonds is 8. The van der Waals surface area contributed by atoms with E-state index in [0.717, 1.165) is 10.6 Å². The SMILES string of the molecule is C[C@H](C(=O)NCCOc1ccc(Cl)cc1)N(c1cccc(Cl)c1)S(C)(=O)=O. The van der Waals surface area contributed by atoms with Crippen LogP contribution in [0, 0.1) is 0 Å². The fraction of sp³-hybridized carbons (Fsp3) is 0.278. The van der Waals surface area contributed by atoms with Crippen molar-refractivity contribution in [1.82, 2.24) is 5.32 Å². The Morgan fingerprint density at radius 2 is 1.81 bits per heavy atom. The van der Waals surface area contributed by atoms with Crippen molar-refractivity contribution < 1.29 is 17.9 Å². The maximum atomic E-state index is 12.4. The number of benzene rings is 2. The van der Waals surface area contributed by atoms with Gasteiger partial charge in [0.2, 0.25) is 15.9 Å². The number of nitrogens with one attached hydrogen (secondary N) is 1. The van der Waals surface area contributed by atoms with E-state index in [1.54, 1.807) is 42.5 Å². The predicted octanol–water partition coefficient (Wildman–Crippen LogP) is 3.34. The van der Waals surface area contributed by atoms with Gasteiger partial charge in [-0.05, 0) is 49.4 Å². The number of halogens is 2. The van der Waals surface area contributed by atoms with Crippen LogP contribution in [0.1, 0.15) is 6.92 Å². The molecule has 0 bridgehead atoms. The summed E-state index contributed by atoms with van der Waals surface area (Å²) in [5.74, 6) is 0.179. The molecular formula is C18H20Cl2N2O4S. The second-order valence-corrected chi connectivity index (χ2v) is 8.54. The molecule has 0 spiro atoms. The lowest BCUT2D eigenvalue weighted by Crippen LogP contribution is -2.48. The molecule has 0 saturated heterocycles. The van der Waals surface area contributed by atoms with Gasteiger partial charge in [-0.3, -0.25) is 9.10 Å². The van der Waals surface area contributed by atoms with Crippen LogP contribution in [0.25, 0.3) is 0 Å². The second kappa shape index (κ2) is 9.30. The van der Waals surface area contributed by atoms with E-state index >= 15 is 0 Å². The number of sulfonamides is 1. The van der Waals surface area contributed by atoms with E-state index in [-0.39, 0.29) is 13.2 Å². The van der Waals surface area contributed by atoms with Gasteiger partial charge in [-0.15, -0.1) is 0 Å². The van der Waals surface area contributed by atoms with E-state index in [1.165, 1.54) is 13.0 Å². The molecule has 2 aromatic carbocycles. The highest BCUT2D eigenvalue weighted by molar-refractivity contribution is 7.92. The molecular weight excluding hydrogens is 411 g/mol. The normalized spacial score (nSPS) is 12.3. The number of anilines is 1. The summed E-state index contributed by atoms with van der Waals surface area (Å²) in [5.41, 5.74) is 0.324. The zero-order valence-electron chi connectivity index (χ0n) is 14.9. The van der Waals surface area contributed by atoms with Gasteiger partial charge in [-0.25, -0.2) is 8.42 Å². The van der Waals surface area contributed by atoms with E-state index in [2.05, 4.69) is 5.32 Å². The first-order valence-corrected chi connectivity index (χ1v) is 10.7. The monoisotopic (exact) mass is 430 g/mol. The molecule has 1 amide bonds. The molecule has 0 heterocycles. The minimum absolute atomic E-state index is 0.221. The zero-order valence-corrected chi connectivity index (χ0v) is 17.2. The zero-order chi connectivity index (χ0) is 20.0. The highest BCUT2D eigenvalue weighted by Crippen LogP contribution is 2.24. The fourth-order valence-corrected chi connectivity index (χ4v) is 3.92. The molecule has 0 aliphatic carbocycles. The summed E-state index contributed by atoms with van der Waals surface area (Å²) in [6, 6.07) is 12.2. The van der Waals surface area contributed by atoms with Gasteiger partial charge in [-0.2, -0.15) is 0 Å². The molecule has 0 unspecified atom stereocenters. The van der Waals surface area contributed by atoms with Gasteiger partial charge >= 0.3 is 0 Å². The van der Waals surface area contributed by atoms with Gasteiger partial charge in [0.25, 0.3) is 0 Å². The molecule has 0 radical (unpaired) electrons. The van der Waals surface area contributed by atoms with Crippen molar-refractivity contribution in [3.63, 3.8) is 0 Å². The number of hydrogen-bond donors (Lipinski definition) is 1. The lowest BCUT2D eigenvalue weighted by atomic mass is 10.2. The number of carbonyl (C=O) groups excluding carboxylic acids is 1. The van der Waals surface area contributed by atoms with Crippen LogP contribution >= 0.6 is 23.2 Å². The number of ether oxygens (including phenoxy) is 1. The van der Waals surface area contributed by atoms with Crippen LogP contribution in [-0.2, 0) is 14.8 Å². The lowest BCUT2D eigenvalue weighted by molar-refractivity contribution is -0.121. The minimum Gasteiger partial charge on any atom is -0.492 e. The Balaban J connectivity index is 1.97. The fourth-order valence-electron chi connectivity index (χ4n) is 2.44. The molecule has 1 N–H and O–H groups in total. The molecule has 0 fully saturated rings. The van der Waals surface area contributed by atoms with Crippen LogP contribution in [0.2, 0.25) is 10.0 Å². The maximum absolute atomic E-state index is 12.4. The van der Waals surface area contributed by atoms with Crippen LogP contribution in [0.4, 0.5) is 5.69 Å². The third kappa shape index (κ3) is 6.30. The standard InChI is InChI=1S/C18H20Cl2N2O4S/c1-13(22(27(2,24)25)16-5-3-4-15(20)12-16)18(23)21-10-11-26-17-8-6-14(19)7-9-17/h3-9,12-13H,10-11H2,1-2H3,(H,21,23)/t13-/m1/s1. The average molecular weight is 431 g/mol. The Kier molecular flexibility index (Phi) is 7.35. The number of nitrogens with zero attached hydrogens (tertiary/aromatic N) is 1. The van der Waals surface area contributed by atoms with Crippen molar-refractivity contribution in [3.05, 3.63) is 58.6 Å². The molecule has 0 saturated carbocycles. The molecule has 2 aromatic rings. The van der Waals surface area contributed by atoms with Crippen molar-refractivity contribution in [3.8, 4) is 5.75 Å². The van der Waals surface area contributed by atoms with Crippen LogP contribution in [0.5, 0.6) is 5.75 Å². The third-order valence-corrected chi connectivity index (χ3v) is 5.36. The molecule has 27 heavy (non-hydrogen) atoms. The number of amides is 1. The van der Waals surface area contributed by atoms with E-state index in [4.69, 9.17) is 27.9 Å². The third-order valence-electron chi connectivity index (χ3n) is 3.63. The van der Waals surface area contributed by atoms with Crippen molar-refractivity contribution in [1.29, 1.82) is 0 Å². The molecule has 2 rings (SSSR count). The number of carbonyl (C=O) groups is 1. The van der Waals surface area contributed by atoms with Gasteiger partial charge in [0.15, 0.2) is 0 Å². The van der Waals surface area contributed by atoms with Crippen molar-refractivity contribution in [2.45, 2.75) is 13.0 Å². The van der Waals surface area contributed by atoms with Crippen molar-refractivity contribution in [2.24, 2.45) is 0 Å². The highest BCUT2D eigenvalue weighted by Gasteiger charge is 2.29. The van der Waals surface area contributed by atoms with Crippen molar-refractivity contribution >= 4 is 44.8 Å². The van der Waals surface area contributed by atoms with Gasteiger partial charge in [0.1, 0.15) is 18.4 Å². The van der Waals surface area contributed by atoms with Gasteiger partial charge in [0.05, 0.1) is 18.5 Å². The van der Waals surface area contributed by atoms with Crippen LogP contribution < -0.4 is 14.4 Å². The van der Waals surface area contributed by atoms with E-state index in [9.17, 15) is 13.2 Å². The smallest absolute Gasteiger partial charge is 0.243 e. The Morgan fingerprint density at radius 1 is 1.15 bits per heavy atom. The van der Waals surface area contributed by atoms with E-state index in [1.807, 2.05) is 0 Å². The Morgan fingerprint density at radius 3 is 2.41 bits per heavy atom. The van der Waals surface area contributed by atoms with Crippen LogP contribution in [-0.4, -0.2) is 39.8 Å². The summed E-state index contributed by atoms with van der Waals surface area (Å²) in [4.78, 5) is 12.4. The molecule has 146 valence electrons. The van der Waals surface area contributed by atoms with Gasteiger partial charge in [-0.1, -0.05) is 29.3 Å².